The normalized spacial score (nSPS) is 15.5. The highest BCUT2D eigenvalue weighted by Gasteiger charge is 2.23. The molecule has 2 rings (SSSR count). The van der Waals surface area contributed by atoms with Crippen molar-refractivity contribution < 1.29 is 14.3 Å². The first kappa shape index (κ1) is 19.0. The van der Waals surface area contributed by atoms with Gasteiger partial charge in [0.05, 0.1) is 6.61 Å². The lowest BCUT2D eigenvalue weighted by molar-refractivity contribution is -0.127. The highest BCUT2D eigenvalue weighted by Crippen LogP contribution is 2.22. The first-order chi connectivity index (χ1) is 11.8. The number of ether oxygens (including phenoxy) is 1. The molecule has 2 amide bonds. The number of amides is 2. The van der Waals surface area contributed by atoms with Crippen molar-refractivity contribution in [2.24, 2.45) is 0 Å². The number of hydrogen-bond donors (Lipinski definition) is 0. The summed E-state index contributed by atoms with van der Waals surface area (Å²) in [5.74, 6) is -0.0246. The minimum absolute atomic E-state index is 0.0246. The molecular weight excluding hydrogens is 316 g/mol. The molecule has 136 valence electrons. The summed E-state index contributed by atoms with van der Waals surface area (Å²) >= 11 is 0. The van der Waals surface area contributed by atoms with Crippen LogP contribution in [0.4, 0.5) is 4.79 Å². The second kappa shape index (κ2) is 8.19. The molecule has 1 saturated heterocycles. The van der Waals surface area contributed by atoms with E-state index in [4.69, 9.17) is 4.74 Å². The summed E-state index contributed by atoms with van der Waals surface area (Å²) in [6, 6.07) is 8.26. The maximum Gasteiger partial charge on any atom is 0.409 e. The molecule has 0 atom stereocenters. The molecule has 1 heterocycles. The molecule has 0 saturated carbocycles. The summed E-state index contributed by atoms with van der Waals surface area (Å²) < 4.78 is 4.99. The van der Waals surface area contributed by atoms with Gasteiger partial charge in [0.15, 0.2) is 0 Å². The van der Waals surface area contributed by atoms with E-state index in [0.717, 1.165) is 5.56 Å². The van der Waals surface area contributed by atoms with E-state index in [1.165, 1.54) is 5.56 Å². The van der Waals surface area contributed by atoms with Crippen LogP contribution in [-0.2, 0) is 14.9 Å². The Balaban J connectivity index is 1.88. The van der Waals surface area contributed by atoms with Crippen molar-refractivity contribution in [1.29, 1.82) is 0 Å². The maximum atomic E-state index is 12.3. The van der Waals surface area contributed by atoms with Crippen LogP contribution in [-0.4, -0.2) is 54.6 Å². The third-order valence-electron chi connectivity index (χ3n) is 4.31. The quantitative estimate of drug-likeness (QED) is 0.791. The number of carbonyl (C=O) groups excluding carboxylic acids is 2. The lowest BCUT2D eigenvalue weighted by atomic mass is 9.87. The van der Waals surface area contributed by atoms with Crippen molar-refractivity contribution in [3.63, 3.8) is 0 Å². The van der Waals surface area contributed by atoms with Crippen LogP contribution in [0.2, 0.25) is 0 Å². The fraction of sp³-hybridized carbons (Fsp3) is 0.500. The van der Waals surface area contributed by atoms with Gasteiger partial charge >= 0.3 is 6.09 Å². The zero-order valence-corrected chi connectivity index (χ0v) is 15.6. The molecule has 1 aromatic carbocycles. The van der Waals surface area contributed by atoms with Crippen LogP contribution in [0.25, 0.3) is 6.08 Å². The zero-order chi connectivity index (χ0) is 18.4. The van der Waals surface area contributed by atoms with Gasteiger partial charge in [-0.1, -0.05) is 45.0 Å². The number of piperazine rings is 1. The Morgan fingerprint density at radius 3 is 2.12 bits per heavy atom. The minimum atomic E-state index is -0.302. The average molecular weight is 344 g/mol. The number of hydrogen-bond acceptors (Lipinski definition) is 3. The van der Waals surface area contributed by atoms with Crippen molar-refractivity contribution >= 4 is 18.1 Å². The van der Waals surface area contributed by atoms with Crippen molar-refractivity contribution in [2.45, 2.75) is 33.1 Å². The molecule has 1 aliphatic rings. The van der Waals surface area contributed by atoms with Crippen molar-refractivity contribution in [3.8, 4) is 0 Å². The van der Waals surface area contributed by atoms with Crippen LogP contribution >= 0.6 is 0 Å². The summed E-state index contributed by atoms with van der Waals surface area (Å²) in [5.41, 5.74) is 2.40. The molecule has 1 aliphatic heterocycles. The highest BCUT2D eigenvalue weighted by atomic mass is 16.6. The third kappa shape index (κ3) is 5.34. The molecular formula is C20H28N2O3. The first-order valence-corrected chi connectivity index (χ1v) is 8.80. The SMILES string of the molecule is CCOC(=O)N1CCN(C(=O)/C=C/c2ccc(C(C)(C)C)cc2)CC1. The zero-order valence-electron chi connectivity index (χ0n) is 15.6. The second-order valence-electron chi connectivity index (χ2n) is 7.22. The van der Waals surface area contributed by atoms with Gasteiger partial charge in [-0.2, -0.15) is 0 Å². The van der Waals surface area contributed by atoms with E-state index >= 15 is 0 Å². The van der Waals surface area contributed by atoms with Crippen molar-refractivity contribution in [1.82, 2.24) is 9.80 Å². The second-order valence-corrected chi connectivity index (χ2v) is 7.22. The minimum Gasteiger partial charge on any atom is -0.450 e. The summed E-state index contributed by atoms with van der Waals surface area (Å²) in [5, 5.41) is 0. The smallest absolute Gasteiger partial charge is 0.409 e. The van der Waals surface area contributed by atoms with Crippen LogP contribution in [0.15, 0.2) is 30.3 Å². The molecule has 0 unspecified atom stereocenters. The first-order valence-electron chi connectivity index (χ1n) is 8.80. The number of benzene rings is 1. The van der Waals surface area contributed by atoms with E-state index in [2.05, 4.69) is 32.9 Å². The van der Waals surface area contributed by atoms with Gasteiger partial charge in [0.1, 0.15) is 0 Å². The van der Waals surface area contributed by atoms with Crippen LogP contribution in [0.5, 0.6) is 0 Å². The van der Waals surface area contributed by atoms with Gasteiger partial charge in [-0.05, 0) is 29.5 Å². The van der Waals surface area contributed by atoms with Crippen LogP contribution < -0.4 is 0 Å². The number of nitrogens with zero attached hydrogens (tertiary/aromatic N) is 2. The molecule has 0 spiro atoms. The van der Waals surface area contributed by atoms with Crippen LogP contribution in [0.1, 0.15) is 38.8 Å². The Labute approximate surface area is 150 Å². The van der Waals surface area contributed by atoms with E-state index < -0.39 is 0 Å². The molecule has 0 radical (unpaired) electrons. The number of rotatable bonds is 3. The lowest BCUT2D eigenvalue weighted by Crippen LogP contribution is -2.50. The fourth-order valence-corrected chi connectivity index (χ4v) is 2.69. The average Bonchev–Trinajstić information content (AvgIpc) is 2.59. The third-order valence-corrected chi connectivity index (χ3v) is 4.31. The standard InChI is InChI=1S/C20H28N2O3/c1-5-25-19(24)22-14-12-21(13-15-22)18(23)11-8-16-6-9-17(10-7-16)20(2,3)4/h6-11H,5,12-15H2,1-4H3/b11-8+. The monoisotopic (exact) mass is 344 g/mol. The van der Waals surface area contributed by atoms with Gasteiger partial charge in [-0.25, -0.2) is 4.79 Å². The molecule has 1 fully saturated rings. The van der Waals surface area contributed by atoms with E-state index in [0.29, 0.717) is 32.8 Å². The summed E-state index contributed by atoms with van der Waals surface area (Å²) in [6.45, 7) is 10.8. The van der Waals surface area contributed by atoms with Gasteiger partial charge in [0.25, 0.3) is 0 Å². The lowest BCUT2D eigenvalue weighted by Gasteiger charge is -2.33. The van der Waals surface area contributed by atoms with Crippen LogP contribution in [0.3, 0.4) is 0 Å². The Morgan fingerprint density at radius 1 is 1.04 bits per heavy atom. The molecule has 5 heteroatoms. The molecule has 0 aliphatic carbocycles. The summed E-state index contributed by atoms with van der Waals surface area (Å²) in [6.07, 6.45) is 3.14. The Morgan fingerprint density at radius 2 is 1.60 bits per heavy atom. The molecule has 5 nitrogen and oxygen atoms in total. The Kier molecular flexibility index (Phi) is 6.23. The maximum absolute atomic E-state index is 12.3. The van der Waals surface area contributed by atoms with Gasteiger partial charge in [-0.15, -0.1) is 0 Å². The molecule has 25 heavy (non-hydrogen) atoms. The summed E-state index contributed by atoms with van der Waals surface area (Å²) in [7, 11) is 0. The fourth-order valence-electron chi connectivity index (χ4n) is 2.69. The Hall–Kier alpha value is -2.30. The predicted molar refractivity (Wildman–Crippen MR) is 99.4 cm³/mol. The topological polar surface area (TPSA) is 49.9 Å². The largest absolute Gasteiger partial charge is 0.450 e. The summed E-state index contributed by atoms with van der Waals surface area (Å²) in [4.78, 5) is 27.4. The van der Waals surface area contributed by atoms with E-state index in [1.807, 2.05) is 18.2 Å². The van der Waals surface area contributed by atoms with Gasteiger partial charge in [-0.3, -0.25) is 4.79 Å². The van der Waals surface area contributed by atoms with Gasteiger partial charge in [0.2, 0.25) is 5.91 Å². The Bertz CT molecular complexity index is 621. The van der Waals surface area contributed by atoms with Crippen LogP contribution in [0, 0.1) is 0 Å². The van der Waals surface area contributed by atoms with Crippen molar-refractivity contribution in [3.05, 3.63) is 41.5 Å². The van der Waals surface area contributed by atoms with Gasteiger partial charge in [0, 0.05) is 32.3 Å². The van der Waals surface area contributed by atoms with Crippen molar-refractivity contribution in [2.75, 3.05) is 32.8 Å². The molecule has 0 N–H and O–H groups in total. The highest BCUT2D eigenvalue weighted by molar-refractivity contribution is 5.92. The van der Waals surface area contributed by atoms with E-state index in [1.54, 1.807) is 22.8 Å². The number of carbonyl (C=O) groups is 2. The van der Waals surface area contributed by atoms with Gasteiger partial charge < -0.3 is 14.5 Å². The van der Waals surface area contributed by atoms with E-state index in [9.17, 15) is 9.59 Å². The molecule has 0 aromatic heterocycles. The van der Waals surface area contributed by atoms with E-state index in [-0.39, 0.29) is 17.4 Å². The molecule has 1 aromatic rings. The molecule has 0 bridgehead atoms. The predicted octanol–water partition coefficient (Wildman–Crippen LogP) is 3.30.